The molecule has 1 N–H and O–H groups in total. The Bertz CT molecular complexity index is 709. The van der Waals surface area contributed by atoms with Crippen LogP contribution in [0.2, 0.25) is 0 Å². The van der Waals surface area contributed by atoms with Gasteiger partial charge in [-0.25, -0.2) is 0 Å². The molecule has 3 rings (SSSR count). The number of aromatic nitrogens is 1. The summed E-state index contributed by atoms with van der Waals surface area (Å²) in [5.41, 5.74) is 0.679. The number of ether oxygens (including phenoxy) is 1. The van der Waals surface area contributed by atoms with Crippen molar-refractivity contribution in [2.24, 2.45) is 0 Å². The second-order valence-electron chi connectivity index (χ2n) is 4.61. The van der Waals surface area contributed by atoms with E-state index in [0.717, 1.165) is 0 Å². The second kappa shape index (κ2) is 4.43. The van der Waals surface area contributed by atoms with Gasteiger partial charge in [-0.05, 0) is 12.1 Å². The van der Waals surface area contributed by atoms with Gasteiger partial charge in [0.2, 0.25) is 5.56 Å². The minimum Gasteiger partial charge on any atom is -0.489 e. The lowest BCUT2D eigenvalue weighted by molar-refractivity contribution is -0.120. The molecule has 1 aliphatic rings. The molecule has 0 fully saturated rings. The Morgan fingerprint density at radius 2 is 2.10 bits per heavy atom. The van der Waals surface area contributed by atoms with E-state index in [1.165, 1.54) is 11.0 Å². The van der Waals surface area contributed by atoms with E-state index in [1.54, 1.807) is 18.2 Å². The summed E-state index contributed by atoms with van der Waals surface area (Å²) >= 11 is 0. The van der Waals surface area contributed by atoms with Crippen LogP contribution in [0.3, 0.4) is 0 Å². The SMILES string of the molecule is O=c1ccc2cc3c(cc2[nH]1)OCCN3CC(F)(F)F. The van der Waals surface area contributed by atoms with E-state index in [9.17, 15) is 18.0 Å². The number of nitrogens with zero attached hydrogens (tertiary/aromatic N) is 1. The molecule has 0 amide bonds. The zero-order valence-electron chi connectivity index (χ0n) is 10.3. The molecule has 0 radical (unpaired) electrons. The van der Waals surface area contributed by atoms with Crippen LogP contribution in [0.25, 0.3) is 10.9 Å². The zero-order valence-corrected chi connectivity index (χ0v) is 10.3. The van der Waals surface area contributed by atoms with E-state index < -0.39 is 12.7 Å². The number of aromatic amines is 1. The Kier molecular flexibility index (Phi) is 2.84. The van der Waals surface area contributed by atoms with Gasteiger partial charge in [-0.2, -0.15) is 13.2 Å². The first-order valence-electron chi connectivity index (χ1n) is 6.04. The predicted octanol–water partition coefficient (Wildman–Crippen LogP) is 2.29. The maximum atomic E-state index is 12.6. The summed E-state index contributed by atoms with van der Waals surface area (Å²) in [6.45, 7) is -0.648. The van der Waals surface area contributed by atoms with Crippen LogP contribution in [0.5, 0.6) is 5.75 Å². The summed E-state index contributed by atoms with van der Waals surface area (Å²) in [7, 11) is 0. The zero-order chi connectivity index (χ0) is 14.3. The summed E-state index contributed by atoms with van der Waals surface area (Å²) in [5, 5.41) is 0.668. The number of alkyl halides is 3. The van der Waals surface area contributed by atoms with E-state index in [0.29, 0.717) is 22.3 Å². The molecule has 0 unspecified atom stereocenters. The second-order valence-corrected chi connectivity index (χ2v) is 4.61. The molecule has 1 aromatic carbocycles. The first kappa shape index (κ1) is 12.8. The van der Waals surface area contributed by atoms with Crippen LogP contribution in [0.15, 0.2) is 29.1 Å². The number of hydrogen-bond acceptors (Lipinski definition) is 3. The fourth-order valence-electron chi connectivity index (χ4n) is 2.30. The molecule has 0 bridgehead atoms. The molecule has 0 saturated heterocycles. The average molecular weight is 284 g/mol. The van der Waals surface area contributed by atoms with Gasteiger partial charge in [0.1, 0.15) is 18.9 Å². The Morgan fingerprint density at radius 1 is 1.30 bits per heavy atom. The first-order chi connectivity index (χ1) is 9.42. The standard InChI is InChI=1S/C13H11F3N2O2/c14-13(15,16)7-18-3-4-20-11-6-9-8(5-10(11)18)1-2-12(19)17-9/h1-2,5-6H,3-4,7H2,(H,17,19). The highest BCUT2D eigenvalue weighted by atomic mass is 19.4. The van der Waals surface area contributed by atoms with Crippen molar-refractivity contribution < 1.29 is 17.9 Å². The van der Waals surface area contributed by atoms with Gasteiger partial charge in [-0.15, -0.1) is 0 Å². The van der Waals surface area contributed by atoms with E-state index in [4.69, 9.17) is 4.74 Å². The smallest absolute Gasteiger partial charge is 0.405 e. The van der Waals surface area contributed by atoms with Crippen LogP contribution in [0, 0.1) is 0 Å². The minimum atomic E-state index is -4.27. The topological polar surface area (TPSA) is 45.3 Å². The van der Waals surface area contributed by atoms with Gasteiger partial charge in [0.15, 0.2) is 0 Å². The molecule has 106 valence electrons. The van der Waals surface area contributed by atoms with Crippen LogP contribution in [-0.4, -0.2) is 30.9 Å². The number of nitrogens with one attached hydrogen (secondary N) is 1. The maximum absolute atomic E-state index is 12.6. The van der Waals surface area contributed by atoms with Crippen LogP contribution in [0.1, 0.15) is 0 Å². The third-order valence-electron chi connectivity index (χ3n) is 3.13. The Balaban J connectivity index is 2.09. The normalized spacial score (nSPS) is 15.1. The molecule has 4 nitrogen and oxygen atoms in total. The van der Waals surface area contributed by atoms with Gasteiger partial charge < -0.3 is 14.6 Å². The first-order valence-corrected chi connectivity index (χ1v) is 6.04. The number of pyridine rings is 1. The highest BCUT2D eigenvalue weighted by molar-refractivity contribution is 5.86. The number of anilines is 1. The third kappa shape index (κ3) is 2.43. The van der Waals surface area contributed by atoms with Crippen LogP contribution in [-0.2, 0) is 0 Å². The van der Waals surface area contributed by atoms with Gasteiger partial charge >= 0.3 is 6.18 Å². The van der Waals surface area contributed by atoms with Crippen LogP contribution >= 0.6 is 0 Å². The number of halogens is 3. The molecule has 2 aromatic rings. The number of rotatable bonds is 1. The van der Waals surface area contributed by atoms with Crippen molar-refractivity contribution in [2.45, 2.75) is 6.18 Å². The van der Waals surface area contributed by atoms with Crippen molar-refractivity contribution in [3.63, 3.8) is 0 Å². The lowest BCUT2D eigenvalue weighted by atomic mass is 10.1. The number of hydrogen-bond donors (Lipinski definition) is 1. The summed E-state index contributed by atoms with van der Waals surface area (Å²) in [4.78, 5) is 15.1. The van der Waals surface area contributed by atoms with E-state index in [-0.39, 0.29) is 18.7 Å². The van der Waals surface area contributed by atoms with E-state index >= 15 is 0 Å². The predicted molar refractivity (Wildman–Crippen MR) is 68.3 cm³/mol. The summed E-state index contributed by atoms with van der Waals surface area (Å²) < 4.78 is 43.1. The highest BCUT2D eigenvalue weighted by Gasteiger charge is 2.33. The fourth-order valence-corrected chi connectivity index (χ4v) is 2.30. The van der Waals surface area contributed by atoms with Crippen molar-refractivity contribution >= 4 is 16.6 Å². The summed E-state index contributed by atoms with van der Waals surface area (Å²) in [6, 6.07) is 6.08. The van der Waals surface area contributed by atoms with Gasteiger partial charge in [-0.1, -0.05) is 0 Å². The Labute approximate surface area is 111 Å². The maximum Gasteiger partial charge on any atom is 0.405 e. The molecule has 20 heavy (non-hydrogen) atoms. The van der Waals surface area contributed by atoms with Gasteiger partial charge in [0.05, 0.1) is 17.7 Å². The number of benzene rings is 1. The monoisotopic (exact) mass is 284 g/mol. The lowest BCUT2D eigenvalue weighted by Crippen LogP contribution is -2.39. The van der Waals surface area contributed by atoms with E-state index in [2.05, 4.69) is 4.98 Å². The summed E-state index contributed by atoms with van der Waals surface area (Å²) in [6.07, 6.45) is -4.27. The quantitative estimate of drug-likeness (QED) is 0.874. The highest BCUT2D eigenvalue weighted by Crippen LogP contribution is 2.36. The molecular weight excluding hydrogens is 273 g/mol. The molecule has 1 aliphatic heterocycles. The number of H-pyrrole nitrogens is 1. The molecule has 1 aromatic heterocycles. The molecule has 0 spiro atoms. The fraction of sp³-hybridized carbons (Fsp3) is 0.308. The van der Waals surface area contributed by atoms with Crippen molar-refractivity contribution in [3.05, 3.63) is 34.6 Å². The van der Waals surface area contributed by atoms with Crippen molar-refractivity contribution in [3.8, 4) is 5.75 Å². The van der Waals surface area contributed by atoms with Gasteiger partial charge in [0, 0.05) is 17.5 Å². The third-order valence-corrected chi connectivity index (χ3v) is 3.13. The Morgan fingerprint density at radius 3 is 2.85 bits per heavy atom. The average Bonchev–Trinajstić information content (AvgIpc) is 2.35. The van der Waals surface area contributed by atoms with Crippen LogP contribution < -0.4 is 15.2 Å². The van der Waals surface area contributed by atoms with Gasteiger partial charge in [-0.3, -0.25) is 4.79 Å². The van der Waals surface area contributed by atoms with Crippen molar-refractivity contribution in [2.75, 3.05) is 24.6 Å². The van der Waals surface area contributed by atoms with Crippen LogP contribution in [0.4, 0.5) is 18.9 Å². The molecular formula is C13H11F3N2O2. The molecule has 0 saturated carbocycles. The van der Waals surface area contributed by atoms with E-state index in [1.807, 2.05) is 0 Å². The summed E-state index contributed by atoms with van der Waals surface area (Å²) in [5.74, 6) is 0.356. The lowest BCUT2D eigenvalue weighted by Gasteiger charge is -2.32. The Hall–Kier alpha value is -2.18. The minimum absolute atomic E-state index is 0.182. The van der Waals surface area contributed by atoms with Gasteiger partial charge in [0.25, 0.3) is 0 Å². The molecule has 0 aliphatic carbocycles. The largest absolute Gasteiger partial charge is 0.489 e. The number of fused-ring (bicyclic) bond motifs is 2. The molecule has 0 atom stereocenters. The van der Waals surface area contributed by atoms with Crippen molar-refractivity contribution in [1.82, 2.24) is 4.98 Å². The van der Waals surface area contributed by atoms with Crippen molar-refractivity contribution in [1.29, 1.82) is 0 Å². The molecule has 2 heterocycles. The molecule has 7 heteroatoms.